The third kappa shape index (κ3) is 4.84. The third-order valence-electron chi connectivity index (χ3n) is 3.14. The predicted molar refractivity (Wildman–Crippen MR) is 90.2 cm³/mol. The molecule has 5 heteroatoms. The molecule has 0 saturated carbocycles. The second-order valence-electron chi connectivity index (χ2n) is 5.24. The first-order valence-electron chi connectivity index (χ1n) is 6.74. The van der Waals surface area contributed by atoms with Crippen molar-refractivity contribution in [1.82, 2.24) is 4.90 Å². The van der Waals surface area contributed by atoms with Gasteiger partial charge in [0.1, 0.15) is 0 Å². The molecule has 2 aromatic rings. The van der Waals surface area contributed by atoms with E-state index < -0.39 is 0 Å². The standard InChI is InChI=1S/C16H19ClN2OS/c1-11-4-5-12(2)14(8-11)18-16(20)10-19(3)9-13-6-7-15(17)21-13/h4-8H,9-10H2,1-3H3,(H,18,20). The Balaban J connectivity index is 1.90. The van der Waals surface area contributed by atoms with Gasteiger partial charge in [-0.25, -0.2) is 0 Å². The number of rotatable bonds is 5. The average Bonchev–Trinajstić information content (AvgIpc) is 2.79. The van der Waals surface area contributed by atoms with Crippen LogP contribution in [0.4, 0.5) is 5.69 Å². The van der Waals surface area contributed by atoms with Gasteiger partial charge in [0, 0.05) is 17.1 Å². The Morgan fingerprint density at radius 1 is 1.29 bits per heavy atom. The van der Waals surface area contributed by atoms with Crippen molar-refractivity contribution in [2.45, 2.75) is 20.4 Å². The maximum atomic E-state index is 12.1. The average molecular weight is 323 g/mol. The van der Waals surface area contributed by atoms with Crippen LogP contribution in [-0.4, -0.2) is 24.4 Å². The van der Waals surface area contributed by atoms with Crippen molar-refractivity contribution >= 4 is 34.5 Å². The van der Waals surface area contributed by atoms with E-state index in [0.717, 1.165) is 32.6 Å². The van der Waals surface area contributed by atoms with Gasteiger partial charge in [0.2, 0.25) is 5.91 Å². The van der Waals surface area contributed by atoms with Crippen molar-refractivity contribution < 1.29 is 4.79 Å². The van der Waals surface area contributed by atoms with Crippen LogP contribution >= 0.6 is 22.9 Å². The monoisotopic (exact) mass is 322 g/mol. The molecule has 0 aliphatic rings. The van der Waals surface area contributed by atoms with Crippen molar-refractivity contribution in [2.24, 2.45) is 0 Å². The number of thiophene rings is 1. The molecule has 0 aliphatic carbocycles. The van der Waals surface area contributed by atoms with E-state index in [1.165, 1.54) is 0 Å². The number of halogens is 1. The van der Waals surface area contributed by atoms with E-state index in [1.54, 1.807) is 11.3 Å². The molecule has 0 radical (unpaired) electrons. The summed E-state index contributed by atoms with van der Waals surface area (Å²) in [6.45, 7) is 5.08. The fourth-order valence-corrected chi connectivity index (χ4v) is 3.23. The van der Waals surface area contributed by atoms with Crippen LogP contribution in [0.15, 0.2) is 30.3 Å². The zero-order chi connectivity index (χ0) is 15.4. The summed E-state index contributed by atoms with van der Waals surface area (Å²) < 4.78 is 0.776. The second-order valence-corrected chi connectivity index (χ2v) is 7.04. The van der Waals surface area contributed by atoms with Gasteiger partial charge in [0.25, 0.3) is 0 Å². The molecule has 0 unspecified atom stereocenters. The number of likely N-dealkylation sites (N-methyl/N-ethyl adjacent to an activating group) is 1. The zero-order valence-corrected chi connectivity index (χ0v) is 14.0. The molecule has 1 aromatic carbocycles. The number of hydrogen-bond donors (Lipinski definition) is 1. The maximum absolute atomic E-state index is 12.1. The highest BCUT2D eigenvalue weighted by Gasteiger charge is 2.10. The highest BCUT2D eigenvalue weighted by atomic mass is 35.5. The van der Waals surface area contributed by atoms with Gasteiger partial charge in [0.15, 0.2) is 0 Å². The fraction of sp³-hybridized carbons (Fsp3) is 0.312. The summed E-state index contributed by atoms with van der Waals surface area (Å²) in [6, 6.07) is 9.92. The number of nitrogens with one attached hydrogen (secondary N) is 1. The van der Waals surface area contributed by atoms with Gasteiger partial charge in [0.05, 0.1) is 10.9 Å². The summed E-state index contributed by atoms with van der Waals surface area (Å²) in [5, 5.41) is 2.97. The minimum Gasteiger partial charge on any atom is -0.325 e. The van der Waals surface area contributed by atoms with Crippen molar-refractivity contribution in [1.29, 1.82) is 0 Å². The first-order valence-corrected chi connectivity index (χ1v) is 7.93. The molecule has 0 fully saturated rings. The lowest BCUT2D eigenvalue weighted by atomic mass is 10.1. The van der Waals surface area contributed by atoms with Gasteiger partial charge < -0.3 is 5.32 Å². The van der Waals surface area contributed by atoms with Crippen LogP contribution in [0.2, 0.25) is 4.34 Å². The van der Waals surface area contributed by atoms with Crippen molar-refractivity contribution in [3.63, 3.8) is 0 Å². The Morgan fingerprint density at radius 2 is 2.05 bits per heavy atom. The summed E-state index contributed by atoms with van der Waals surface area (Å²) >= 11 is 7.45. The SMILES string of the molecule is Cc1ccc(C)c(NC(=O)CN(C)Cc2ccc(Cl)s2)c1. The first-order chi connectivity index (χ1) is 9.94. The number of carbonyl (C=O) groups excluding carboxylic acids is 1. The molecule has 0 saturated heterocycles. The Kier molecular flexibility index (Phi) is 5.39. The lowest BCUT2D eigenvalue weighted by molar-refractivity contribution is -0.117. The highest BCUT2D eigenvalue weighted by molar-refractivity contribution is 7.16. The molecule has 1 heterocycles. The van der Waals surface area contributed by atoms with Crippen molar-refractivity contribution in [2.75, 3.05) is 18.9 Å². The smallest absolute Gasteiger partial charge is 0.238 e. The highest BCUT2D eigenvalue weighted by Crippen LogP contribution is 2.22. The predicted octanol–water partition coefficient (Wildman–Crippen LogP) is 4.09. The molecule has 1 aromatic heterocycles. The molecule has 112 valence electrons. The van der Waals surface area contributed by atoms with Crippen LogP contribution < -0.4 is 5.32 Å². The first kappa shape index (κ1) is 16.0. The van der Waals surface area contributed by atoms with E-state index in [9.17, 15) is 4.79 Å². The van der Waals surface area contributed by atoms with Gasteiger partial charge >= 0.3 is 0 Å². The number of amides is 1. The Labute approximate surface area is 134 Å². The van der Waals surface area contributed by atoms with E-state index in [4.69, 9.17) is 11.6 Å². The number of aryl methyl sites for hydroxylation is 2. The molecule has 2 rings (SSSR count). The number of nitrogens with zero attached hydrogens (tertiary/aromatic N) is 1. The van der Waals surface area contributed by atoms with Crippen LogP contribution in [0, 0.1) is 13.8 Å². The number of carbonyl (C=O) groups is 1. The lowest BCUT2D eigenvalue weighted by Gasteiger charge is -2.16. The Bertz CT molecular complexity index is 639. The largest absolute Gasteiger partial charge is 0.325 e. The van der Waals surface area contributed by atoms with E-state index in [1.807, 2.05) is 56.1 Å². The minimum atomic E-state index is -0.00569. The molecule has 3 nitrogen and oxygen atoms in total. The van der Waals surface area contributed by atoms with Gasteiger partial charge in [-0.2, -0.15) is 0 Å². The lowest BCUT2D eigenvalue weighted by Crippen LogP contribution is -2.29. The van der Waals surface area contributed by atoms with Crippen LogP contribution in [0.5, 0.6) is 0 Å². The molecule has 1 amide bonds. The third-order valence-corrected chi connectivity index (χ3v) is 4.35. The topological polar surface area (TPSA) is 32.3 Å². The van der Waals surface area contributed by atoms with Gasteiger partial charge in [-0.05, 0) is 50.2 Å². The maximum Gasteiger partial charge on any atom is 0.238 e. The Morgan fingerprint density at radius 3 is 2.71 bits per heavy atom. The Hall–Kier alpha value is -1.36. The number of hydrogen-bond acceptors (Lipinski definition) is 3. The van der Waals surface area contributed by atoms with E-state index >= 15 is 0 Å². The van der Waals surface area contributed by atoms with Gasteiger partial charge in [-0.1, -0.05) is 23.7 Å². The molecule has 0 spiro atoms. The summed E-state index contributed by atoms with van der Waals surface area (Å²) in [5.74, 6) is -0.00569. The van der Waals surface area contributed by atoms with E-state index in [0.29, 0.717) is 6.54 Å². The summed E-state index contributed by atoms with van der Waals surface area (Å²) in [7, 11) is 1.93. The second kappa shape index (κ2) is 7.07. The normalized spacial score (nSPS) is 10.9. The molecule has 1 N–H and O–H groups in total. The summed E-state index contributed by atoms with van der Waals surface area (Å²) in [6.07, 6.45) is 0. The summed E-state index contributed by atoms with van der Waals surface area (Å²) in [4.78, 5) is 15.2. The summed E-state index contributed by atoms with van der Waals surface area (Å²) in [5.41, 5.74) is 3.09. The molecule has 21 heavy (non-hydrogen) atoms. The van der Waals surface area contributed by atoms with Gasteiger partial charge in [-0.15, -0.1) is 11.3 Å². The molecular weight excluding hydrogens is 304 g/mol. The van der Waals surface area contributed by atoms with E-state index in [2.05, 4.69) is 5.32 Å². The zero-order valence-electron chi connectivity index (χ0n) is 12.4. The molecular formula is C16H19ClN2OS. The van der Waals surface area contributed by atoms with Crippen LogP contribution in [0.3, 0.4) is 0 Å². The van der Waals surface area contributed by atoms with Crippen molar-refractivity contribution in [3.05, 3.63) is 50.7 Å². The van der Waals surface area contributed by atoms with Crippen LogP contribution in [0.25, 0.3) is 0 Å². The van der Waals surface area contributed by atoms with Gasteiger partial charge in [-0.3, -0.25) is 9.69 Å². The van der Waals surface area contributed by atoms with Crippen LogP contribution in [-0.2, 0) is 11.3 Å². The number of anilines is 1. The fourth-order valence-electron chi connectivity index (χ4n) is 2.06. The molecule has 0 bridgehead atoms. The number of benzene rings is 1. The molecule has 0 atom stereocenters. The minimum absolute atomic E-state index is 0.00569. The molecule has 0 aliphatic heterocycles. The van der Waals surface area contributed by atoms with E-state index in [-0.39, 0.29) is 5.91 Å². The van der Waals surface area contributed by atoms with Crippen LogP contribution in [0.1, 0.15) is 16.0 Å². The van der Waals surface area contributed by atoms with Crippen molar-refractivity contribution in [3.8, 4) is 0 Å². The quantitative estimate of drug-likeness (QED) is 0.899.